The Morgan fingerprint density at radius 1 is 1.21 bits per heavy atom. The van der Waals surface area contributed by atoms with E-state index >= 15 is 0 Å². The molecule has 124 valence electrons. The van der Waals surface area contributed by atoms with Crippen LogP contribution in [0.1, 0.15) is 16.1 Å². The molecule has 24 heavy (non-hydrogen) atoms. The second-order valence-corrected chi connectivity index (χ2v) is 6.83. The van der Waals surface area contributed by atoms with Crippen LogP contribution in [0.2, 0.25) is 0 Å². The molecule has 2 aromatic heterocycles. The molecule has 0 aliphatic rings. The van der Waals surface area contributed by atoms with E-state index in [2.05, 4.69) is 15.0 Å². The minimum absolute atomic E-state index is 0.0303. The molecular formula is C15H14N4O3S2. The maximum atomic E-state index is 11.9. The summed E-state index contributed by atoms with van der Waals surface area (Å²) in [6.45, 7) is 1.16. The number of nitrogens with one attached hydrogen (secondary N) is 2. The van der Waals surface area contributed by atoms with Gasteiger partial charge >= 0.3 is 5.00 Å². The van der Waals surface area contributed by atoms with Crippen LogP contribution in [-0.4, -0.2) is 28.3 Å². The van der Waals surface area contributed by atoms with Crippen molar-refractivity contribution < 1.29 is 9.72 Å². The summed E-state index contributed by atoms with van der Waals surface area (Å²) in [6, 6.07) is 10.8. The van der Waals surface area contributed by atoms with E-state index in [1.165, 1.54) is 23.7 Å². The van der Waals surface area contributed by atoms with E-state index in [9.17, 15) is 14.9 Å². The zero-order valence-corrected chi connectivity index (χ0v) is 14.2. The van der Waals surface area contributed by atoms with Crippen molar-refractivity contribution in [1.82, 2.24) is 9.69 Å². The van der Waals surface area contributed by atoms with Gasteiger partial charge in [-0.2, -0.15) is 4.37 Å². The van der Waals surface area contributed by atoms with Gasteiger partial charge in [-0.3, -0.25) is 14.9 Å². The molecule has 9 heteroatoms. The van der Waals surface area contributed by atoms with Crippen LogP contribution in [0, 0.1) is 10.1 Å². The Balaban J connectivity index is 1.43. The summed E-state index contributed by atoms with van der Waals surface area (Å²) >= 11 is 2.33. The zero-order valence-electron chi connectivity index (χ0n) is 12.5. The van der Waals surface area contributed by atoms with Crippen molar-refractivity contribution in [3.63, 3.8) is 0 Å². The smallest absolute Gasteiger partial charge is 0.324 e. The number of hydrogen-bond acceptors (Lipinski definition) is 7. The Kier molecular flexibility index (Phi) is 5.02. The minimum atomic E-state index is -0.496. The van der Waals surface area contributed by atoms with E-state index in [1.54, 1.807) is 0 Å². The van der Waals surface area contributed by atoms with E-state index in [0.717, 1.165) is 33.7 Å². The first-order valence-corrected chi connectivity index (χ1v) is 8.85. The molecule has 0 atom stereocenters. The number of anilines is 1. The van der Waals surface area contributed by atoms with Gasteiger partial charge in [0.1, 0.15) is 5.82 Å². The number of fused-ring (bicyclic) bond motifs is 1. The van der Waals surface area contributed by atoms with Crippen LogP contribution >= 0.6 is 22.9 Å². The molecule has 3 aromatic rings. The fourth-order valence-electron chi connectivity index (χ4n) is 2.15. The molecule has 2 N–H and O–H groups in total. The molecule has 2 heterocycles. The highest BCUT2D eigenvalue weighted by Gasteiger charge is 2.14. The van der Waals surface area contributed by atoms with E-state index in [1.807, 2.05) is 24.3 Å². The zero-order chi connectivity index (χ0) is 16.9. The molecule has 0 saturated heterocycles. The molecule has 0 aliphatic carbocycles. The van der Waals surface area contributed by atoms with Crippen molar-refractivity contribution in [1.29, 1.82) is 0 Å². The van der Waals surface area contributed by atoms with Gasteiger partial charge in [0.15, 0.2) is 0 Å². The van der Waals surface area contributed by atoms with Crippen LogP contribution in [-0.2, 0) is 0 Å². The highest BCUT2D eigenvalue weighted by atomic mass is 32.1. The second-order valence-electron chi connectivity index (χ2n) is 4.96. The molecule has 1 aromatic carbocycles. The number of aromatic nitrogens is 1. The van der Waals surface area contributed by atoms with E-state index in [-0.39, 0.29) is 10.9 Å². The van der Waals surface area contributed by atoms with Crippen LogP contribution < -0.4 is 10.6 Å². The van der Waals surface area contributed by atoms with Crippen LogP contribution in [0.5, 0.6) is 0 Å². The molecule has 0 aliphatic heterocycles. The first-order valence-electron chi connectivity index (χ1n) is 7.26. The third-order valence-corrected chi connectivity index (χ3v) is 5.17. The number of nitrogens with zero attached hydrogens (tertiary/aromatic N) is 2. The van der Waals surface area contributed by atoms with Gasteiger partial charge < -0.3 is 10.6 Å². The summed E-state index contributed by atoms with van der Waals surface area (Å²) in [6.07, 6.45) is 0.727. The van der Waals surface area contributed by atoms with Crippen molar-refractivity contribution in [3.8, 4) is 0 Å². The van der Waals surface area contributed by atoms with Crippen molar-refractivity contribution >= 4 is 49.7 Å². The van der Waals surface area contributed by atoms with Crippen LogP contribution in [0.4, 0.5) is 10.8 Å². The van der Waals surface area contributed by atoms with Crippen molar-refractivity contribution in [2.45, 2.75) is 6.42 Å². The van der Waals surface area contributed by atoms with Crippen molar-refractivity contribution in [2.75, 3.05) is 18.4 Å². The summed E-state index contributed by atoms with van der Waals surface area (Å²) in [4.78, 5) is 22.4. The summed E-state index contributed by atoms with van der Waals surface area (Å²) in [5.41, 5.74) is 0. The molecule has 0 fully saturated rings. The van der Waals surface area contributed by atoms with Crippen LogP contribution in [0.3, 0.4) is 0 Å². The molecule has 0 radical (unpaired) electrons. The standard InChI is InChI=1S/C15H14N4O3S2/c20-15(12-6-7-13(23-12)19(21)22)17-9-3-8-16-14-10-4-1-2-5-11(10)24-18-14/h1-2,4-7H,3,8-9H2,(H,16,18)(H,17,20). The van der Waals surface area contributed by atoms with E-state index in [0.29, 0.717) is 18.0 Å². The van der Waals surface area contributed by atoms with Crippen LogP contribution in [0.25, 0.3) is 10.1 Å². The highest BCUT2D eigenvalue weighted by molar-refractivity contribution is 7.17. The number of carbonyl (C=O) groups is 1. The number of carbonyl (C=O) groups excluding carboxylic acids is 1. The predicted molar refractivity (Wildman–Crippen MR) is 96.0 cm³/mol. The first-order chi connectivity index (χ1) is 11.6. The highest BCUT2D eigenvalue weighted by Crippen LogP contribution is 2.26. The summed E-state index contributed by atoms with van der Waals surface area (Å²) in [5.74, 6) is 0.572. The largest absolute Gasteiger partial charge is 0.369 e. The van der Waals surface area contributed by atoms with E-state index < -0.39 is 4.92 Å². The quantitative estimate of drug-likeness (QED) is 0.381. The Morgan fingerprint density at radius 2 is 2.04 bits per heavy atom. The lowest BCUT2D eigenvalue weighted by atomic mass is 10.2. The maximum Gasteiger partial charge on any atom is 0.324 e. The number of hydrogen-bond donors (Lipinski definition) is 2. The maximum absolute atomic E-state index is 11.9. The van der Waals surface area contributed by atoms with Crippen molar-refractivity contribution in [2.24, 2.45) is 0 Å². The molecule has 0 unspecified atom stereocenters. The van der Waals surface area contributed by atoms with Gasteiger partial charge in [-0.05, 0) is 36.2 Å². The number of nitro groups is 1. The summed E-state index contributed by atoms with van der Waals surface area (Å²) in [5, 5.41) is 17.7. The molecule has 0 spiro atoms. The van der Waals surface area contributed by atoms with Crippen molar-refractivity contribution in [3.05, 3.63) is 51.4 Å². The first kappa shape index (κ1) is 16.3. The molecule has 0 bridgehead atoms. The molecule has 0 saturated carbocycles. The molecular weight excluding hydrogens is 348 g/mol. The molecule has 7 nitrogen and oxygen atoms in total. The topological polar surface area (TPSA) is 97.2 Å². The average Bonchev–Trinajstić information content (AvgIpc) is 3.22. The number of amides is 1. The van der Waals surface area contributed by atoms with Gasteiger partial charge in [0.25, 0.3) is 5.91 Å². The molecule has 3 rings (SSSR count). The second kappa shape index (κ2) is 7.37. The fraction of sp³-hybridized carbons (Fsp3) is 0.200. The lowest BCUT2D eigenvalue weighted by molar-refractivity contribution is -0.380. The number of thiophene rings is 1. The fourth-order valence-corrected chi connectivity index (χ4v) is 3.64. The molecule has 1 amide bonds. The third kappa shape index (κ3) is 3.69. The Labute approximate surface area is 145 Å². The number of rotatable bonds is 7. The van der Waals surface area contributed by atoms with Crippen LogP contribution in [0.15, 0.2) is 36.4 Å². The third-order valence-electron chi connectivity index (χ3n) is 3.30. The lowest BCUT2D eigenvalue weighted by Crippen LogP contribution is -2.25. The lowest BCUT2D eigenvalue weighted by Gasteiger charge is -2.05. The monoisotopic (exact) mass is 362 g/mol. The van der Waals surface area contributed by atoms with Gasteiger partial charge in [-0.1, -0.05) is 23.5 Å². The number of benzene rings is 1. The Hall–Kier alpha value is -2.52. The van der Waals surface area contributed by atoms with Gasteiger partial charge in [-0.25, -0.2) is 0 Å². The average molecular weight is 362 g/mol. The normalized spacial score (nSPS) is 10.7. The summed E-state index contributed by atoms with van der Waals surface area (Å²) in [7, 11) is 0. The Bertz CT molecular complexity index is 874. The SMILES string of the molecule is O=C(NCCCNc1nsc2ccccc12)c1ccc([N+](=O)[O-])s1. The Morgan fingerprint density at radius 3 is 2.83 bits per heavy atom. The summed E-state index contributed by atoms with van der Waals surface area (Å²) < 4.78 is 5.51. The predicted octanol–water partition coefficient (Wildman–Crippen LogP) is 3.50. The minimum Gasteiger partial charge on any atom is -0.369 e. The van der Waals surface area contributed by atoms with E-state index in [4.69, 9.17) is 0 Å². The van der Waals surface area contributed by atoms with Gasteiger partial charge in [0, 0.05) is 24.5 Å². The van der Waals surface area contributed by atoms with Gasteiger partial charge in [0.2, 0.25) is 0 Å². The van der Waals surface area contributed by atoms with Gasteiger partial charge in [0.05, 0.1) is 14.5 Å². The van der Waals surface area contributed by atoms with Gasteiger partial charge in [-0.15, -0.1) is 0 Å².